The van der Waals surface area contributed by atoms with E-state index in [4.69, 9.17) is 0 Å². The Morgan fingerprint density at radius 3 is 1.96 bits per heavy atom. The van der Waals surface area contributed by atoms with Gasteiger partial charge in [0.1, 0.15) is 12.9 Å². The van der Waals surface area contributed by atoms with Gasteiger partial charge < -0.3 is 16.0 Å². The first-order chi connectivity index (χ1) is 24.3. The van der Waals surface area contributed by atoms with Crippen LogP contribution in [0.15, 0.2) is 51.9 Å². The number of carbonyl (C=O) groups excluding carboxylic acids is 1. The molecule has 6 heterocycles. The van der Waals surface area contributed by atoms with E-state index in [2.05, 4.69) is 102 Å². The first kappa shape index (κ1) is 36.3. The van der Waals surface area contributed by atoms with Crippen molar-refractivity contribution < 1.29 is 4.79 Å². The third-order valence-electron chi connectivity index (χ3n) is 9.36. The summed E-state index contributed by atoms with van der Waals surface area (Å²) in [5.74, 6) is 6.60. The molecule has 10 nitrogen and oxygen atoms in total. The van der Waals surface area contributed by atoms with Crippen LogP contribution in [0.25, 0.3) is 22.6 Å². The highest BCUT2D eigenvalue weighted by Crippen LogP contribution is 2.30. The van der Waals surface area contributed by atoms with Gasteiger partial charge in [-0.05, 0) is 165 Å². The van der Waals surface area contributed by atoms with E-state index in [9.17, 15) is 4.79 Å². The Balaban J connectivity index is 0.000000176. The number of amides is 1. The molecule has 5 aromatic rings. The lowest BCUT2D eigenvalue weighted by Crippen LogP contribution is -2.26. The number of aromatic nitrogens is 6. The third kappa shape index (κ3) is 8.92. The van der Waals surface area contributed by atoms with Crippen molar-refractivity contribution in [3.63, 3.8) is 0 Å². The van der Waals surface area contributed by atoms with Gasteiger partial charge in [-0.15, -0.1) is 0 Å². The van der Waals surface area contributed by atoms with Gasteiger partial charge in [0, 0.05) is 30.3 Å². The zero-order valence-corrected chi connectivity index (χ0v) is 34.8. The molecule has 1 amide bonds. The average Bonchev–Trinajstić information content (AvgIpc) is 3.72. The summed E-state index contributed by atoms with van der Waals surface area (Å²) < 4.78 is 6.35. The number of benzene rings is 1. The summed E-state index contributed by atoms with van der Waals surface area (Å²) in [5, 5.41) is 19.3. The van der Waals surface area contributed by atoms with Crippen LogP contribution in [0.1, 0.15) is 54.4 Å². The number of carbonyl (C=O) groups is 1. The maximum atomic E-state index is 12.5. The van der Waals surface area contributed by atoms with Crippen molar-refractivity contribution in [2.45, 2.75) is 51.5 Å². The number of imidazole rings is 2. The molecule has 3 N–H and O–H groups in total. The van der Waals surface area contributed by atoms with E-state index in [1.807, 2.05) is 70.4 Å². The van der Waals surface area contributed by atoms with Gasteiger partial charge in [0.15, 0.2) is 11.3 Å². The van der Waals surface area contributed by atoms with Gasteiger partial charge in [-0.25, -0.2) is 19.0 Å². The Morgan fingerprint density at radius 1 is 0.820 bits per heavy atom. The van der Waals surface area contributed by atoms with Gasteiger partial charge in [-0.2, -0.15) is 33.7 Å². The van der Waals surface area contributed by atoms with Gasteiger partial charge in [-0.1, -0.05) is 6.07 Å². The highest BCUT2D eigenvalue weighted by molar-refractivity contribution is 14.1. The summed E-state index contributed by atoms with van der Waals surface area (Å²) in [5.41, 5.74) is 7.35. The van der Waals surface area contributed by atoms with E-state index >= 15 is 0 Å². The maximum Gasteiger partial charge on any atom is 0.251 e. The molecular formula is C35H40Br2IN9OS2. The molecule has 1 aromatic carbocycles. The Labute approximate surface area is 331 Å². The normalized spacial score (nSPS) is 17.0. The number of hydrogen-bond acceptors (Lipinski definition) is 9. The van der Waals surface area contributed by atoms with Gasteiger partial charge >= 0.3 is 0 Å². The molecule has 2 saturated heterocycles. The largest absolute Gasteiger partial charge is 0.382 e. The van der Waals surface area contributed by atoms with E-state index in [0.29, 0.717) is 12.0 Å². The van der Waals surface area contributed by atoms with Crippen LogP contribution in [0.4, 0.5) is 11.4 Å². The van der Waals surface area contributed by atoms with E-state index < -0.39 is 0 Å². The first-order valence-corrected chi connectivity index (χ1v) is 22.1. The predicted molar refractivity (Wildman–Crippen MR) is 222 cm³/mol. The lowest BCUT2D eigenvalue weighted by atomic mass is 10.0. The van der Waals surface area contributed by atoms with Crippen LogP contribution in [-0.2, 0) is 0 Å². The van der Waals surface area contributed by atoms with Crippen molar-refractivity contribution in [1.82, 2.24) is 34.5 Å². The second kappa shape index (κ2) is 16.7. The molecule has 50 heavy (non-hydrogen) atoms. The fraction of sp³-hybridized carbons (Fsp3) is 0.457. The molecule has 15 heteroatoms. The molecule has 3 aliphatic rings. The fourth-order valence-electron chi connectivity index (χ4n) is 6.29. The number of fused-ring (bicyclic) bond motifs is 2. The molecule has 4 aromatic heterocycles. The molecule has 0 bridgehead atoms. The number of nitrogens with one attached hydrogen (secondary N) is 3. The standard InChI is InChI=1S/C23H26BrN5OS.C12H14BrIN4S/c1-14-10-16(2-5-18(14)23(30)27-17-3-4-17)20-13-26-22-19(11-21(24)28-29(20)22)25-12-15-6-8-31-9-7-15;13-10-5-9(12-16-7-11(14)18(12)17-10)15-6-8-1-3-19-4-2-8/h2,5,10-11,13,15,17,25H,3-4,6-9,12H2,1H3,(H,27,30);5,7-8,15H,1-4,6H2. The van der Waals surface area contributed by atoms with Crippen LogP contribution in [0.3, 0.4) is 0 Å². The van der Waals surface area contributed by atoms with Crippen molar-refractivity contribution in [2.75, 3.05) is 46.7 Å². The second-order valence-corrected chi connectivity index (χ2v) is 18.3. The Kier molecular flexibility index (Phi) is 12.1. The number of thioether (sulfide) groups is 2. The van der Waals surface area contributed by atoms with Crippen molar-refractivity contribution in [1.29, 1.82) is 0 Å². The molecular weight excluding hydrogens is 913 g/mol. The van der Waals surface area contributed by atoms with Crippen molar-refractivity contribution >= 4 is 107 Å². The molecule has 0 spiro atoms. The monoisotopic (exact) mass is 951 g/mol. The Hall–Kier alpha value is -2.08. The van der Waals surface area contributed by atoms with Gasteiger partial charge in [0.25, 0.3) is 5.91 Å². The molecule has 3 fully saturated rings. The van der Waals surface area contributed by atoms with Gasteiger partial charge in [-0.3, -0.25) is 4.79 Å². The molecule has 264 valence electrons. The molecule has 1 saturated carbocycles. The summed E-state index contributed by atoms with van der Waals surface area (Å²) in [6, 6.07) is 10.3. The van der Waals surface area contributed by atoms with E-state index in [-0.39, 0.29) is 5.91 Å². The van der Waals surface area contributed by atoms with Crippen LogP contribution >= 0.6 is 78.0 Å². The number of hydrogen-bond donors (Lipinski definition) is 3. The topological polar surface area (TPSA) is 114 Å². The van der Waals surface area contributed by atoms with Gasteiger partial charge in [0.05, 0.1) is 29.5 Å². The van der Waals surface area contributed by atoms with Gasteiger partial charge in [0.2, 0.25) is 0 Å². The van der Waals surface area contributed by atoms with Crippen molar-refractivity contribution in [3.05, 3.63) is 66.8 Å². The minimum atomic E-state index is 0.0122. The molecule has 0 radical (unpaired) electrons. The quantitative estimate of drug-likeness (QED) is 0.125. The van der Waals surface area contributed by atoms with Crippen LogP contribution in [-0.4, -0.2) is 77.2 Å². The van der Waals surface area contributed by atoms with Crippen LogP contribution < -0.4 is 16.0 Å². The Bertz CT molecular complexity index is 1970. The summed E-state index contributed by atoms with van der Waals surface area (Å²) in [6.07, 6.45) is 11.0. The highest BCUT2D eigenvalue weighted by Gasteiger charge is 2.25. The first-order valence-electron chi connectivity index (χ1n) is 17.1. The predicted octanol–water partition coefficient (Wildman–Crippen LogP) is 8.57. The number of aryl methyl sites for hydroxylation is 1. The number of rotatable bonds is 9. The average molecular weight is 954 g/mol. The maximum absolute atomic E-state index is 12.5. The smallest absolute Gasteiger partial charge is 0.251 e. The molecule has 0 unspecified atom stereocenters. The summed E-state index contributed by atoms with van der Waals surface area (Å²) in [4.78, 5) is 21.6. The lowest BCUT2D eigenvalue weighted by molar-refractivity contribution is 0.0950. The van der Waals surface area contributed by atoms with Crippen LogP contribution in [0, 0.1) is 22.5 Å². The second-order valence-electron chi connectivity index (χ2n) is 13.1. The fourth-order valence-corrected chi connectivity index (χ4v) is 9.94. The van der Waals surface area contributed by atoms with E-state index in [1.165, 1.54) is 48.7 Å². The number of halogens is 3. The molecule has 1 aliphatic carbocycles. The van der Waals surface area contributed by atoms with Crippen molar-refractivity contribution in [2.24, 2.45) is 11.8 Å². The van der Waals surface area contributed by atoms with E-state index in [0.717, 1.165) is 89.8 Å². The van der Waals surface area contributed by atoms with Crippen molar-refractivity contribution in [3.8, 4) is 11.3 Å². The number of nitrogens with zero attached hydrogens (tertiary/aromatic N) is 6. The lowest BCUT2D eigenvalue weighted by Gasteiger charge is -2.22. The minimum Gasteiger partial charge on any atom is -0.382 e. The zero-order chi connectivity index (χ0) is 34.6. The van der Waals surface area contributed by atoms with Crippen LogP contribution in [0.5, 0.6) is 0 Å². The SMILES string of the molecule is Brc1cc(NCC2CCSCC2)c2ncc(I)n2n1.Cc1cc(-c2cnc3c(NCC4CCSCC4)cc(Br)nn23)ccc1C(=O)NC1CC1. The Morgan fingerprint density at radius 2 is 1.38 bits per heavy atom. The zero-order valence-electron chi connectivity index (χ0n) is 27.8. The number of anilines is 2. The third-order valence-corrected chi connectivity index (χ3v) is 13.0. The molecule has 0 atom stereocenters. The van der Waals surface area contributed by atoms with Crippen LogP contribution in [0.2, 0.25) is 0 Å². The minimum absolute atomic E-state index is 0.0122. The summed E-state index contributed by atoms with van der Waals surface area (Å²) >= 11 is 13.4. The summed E-state index contributed by atoms with van der Waals surface area (Å²) in [7, 11) is 0. The van der Waals surface area contributed by atoms with E-state index in [1.54, 1.807) is 0 Å². The molecule has 8 rings (SSSR count). The summed E-state index contributed by atoms with van der Waals surface area (Å²) in [6.45, 7) is 3.96. The highest BCUT2D eigenvalue weighted by atomic mass is 127. The molecule has 2 aliphatic heterocycles.